The van der Waals surface area contributed by atoms with Crippen LogP contribution in [0.1, 0.15) is 5.56 Å². The molecule has 0 saturated heterocycles. The topological polar surface area (TPSA) is 92.7 Å². The first-order chi connectivity index (χ1) is 14.8. The second-order valence-electron chi connectivity index (χ2n) is 7.27. The average molecular weight is 436 g/mol. The summed E-state index contributed by atoms with van der Waals surface area (Å²) in [6, 6.07) is 24.7. The Morgan fingerprint density at radius 3 is 1.97 bits per heavy atom. The normalized spacial score (nSPS) is 13.7. The van der Waals surface area contributed by atoms with E-state index in [0.29, 0.717) is 16.3 Å². The minimum Gasteiger partial charge on any atom is -0.466 e. The van der Waals surface area contributed by atoms with Crippen LogP contribution in [0.5, 0.6) is 0 Å². The lowest BCUT2D eigenvalue weighted by molar-refractivity contribution is -0.163. The summed E-state index contributed by atoms with van der Waals surface area (Å²) in [7, 11) is -3.25. The number of benzene rings is 4. The van der Waals surface area contributed by atoms with Gasteiger partial charge >= 0.3 is 5.97 Å². The SMILES string of the molecule is COC(=O)[C@](O)(Cc1ccccc1)NS(=O)(=O)c1c2ccccc2cc2ccccc12. The number of aliphatic hydroxyl groups is 1. The zero-order valence-corrected chi connectivity index (χ0v) is 17.6. The van der Waals surface area contributed by atoms with Crippen LogP contribution in [0.3, 0.4) is 0 Å². The lowest BCUT2D eigenvalue weighted by Gasteiger charge is -2.27. The number of methoxy groups -OCH3 is 1. The highest BCUT2D eigenvalue weighted by molar-refractivity contribution is 7.90. The van der Waals surface area contributed by atoms with Gasteiger partial charge in [0, 0.05) is 17.2 Å². The Morgan fingerprint density at radius 2 is 1.42 bits per heavy atom. The first-order valence-electron chi connectivity index (χ1n) is 9.63. The monoisotopic (exact) mass is 435 g/mol. The lowest BCUT2D eigenvalue weighted by Crippen LogP contribution is -2.56. The van der Waals surface area contributed by atoms with E-state index in [-0.39, 0.29) is 11.3 Å². The van der Waals surface area contributed by atoms with Gasteiger partial charge in [0.1, 0.15) is 0 Å². The van der Waals surface area contributed by atoms with Crippen LogP contribution in [-0.2, 0) is 26.0 Å². The van der Waals surface area contributed by atoms with E-state index in [1.807, 2.05) is 30.3 Å². The summed E-state index contributed by atoms with van der Waals surface area (Å²) in [5.41, 5.74) is -1.91. The van der Waals surface area contributed by atoms with Gasteiger partial charge in [-0.2, -0.15) is 4.72 Å². The van der Waals surface area contributed by atoms with Gasteiger partial charge in [0.05, 0.1) is 12.0 Å². The van der Waals surface area contributed by atoms with Crippen molar-refractivity contribution in [1.82, 2.24) is 4.72 Å². The van der Waals surface area contributed by atoms with Crippen molar-refractivity contribution in [2.75, 3.05) is 7.11 Å². The largest absolute Gasteiger partial charge is 0.466 e. The summed E-state index contributed by atoms with van der Waals surface area (Å²) in [5.74, 6) is -1.09. The minimum atomic E-state index is -4.35. The number of rotatable bonds is 6. The molecular formula is C24H21NO5S. The van der Waals surface area contributed by atoms with Crippen molar-refractivity contribution in [3.05, 3.63) is 90.5 Å². The highest BCUT2D eigenvalue weighted by Gasteiger charge is 2.42. The molecule has 0 unspecified atom stereocenters. The molecule has 0 amide bonds. The Bertz CT molecular complexity index is 1310. The fourth-order valence-corrected chi connectivity index (χ4v) is 5.40. The number of esters is 1. The zero-order valence-electron chi connectivity index (χ0n) is 16.8. The maximum Gasteiger partial charge on any atom is 0.354 e. The molecule has 0 heterocycles. The van der Waals surface area contributed by atoms with Gasteiger partial charge in [-0.25, -0.2) is 13.2 Å². The lowest BCUT2D eigenvalue weighted by atomic mass is 10.0. The first kappa shape index (κ1) is 21.0. The van der Waals surface area contributed by atoms with Gasteiger partial charge in [-0.3, -0.25) is 0 Å². The van der Waals surface area contributed by atoms with E-state index < -0.39 is 21.7 Å². The summed E-state index contributed by atoms with van der Waals surface area (Å²) in [6.07, 6.45) is -0.289. The minimum absolute atomic E-state index is 0.00316. The number of fused-ring (bicyclic) bond motifs is 2. The maximum atomic E-state index is 13.6. The highest BCUT2D eigenvalue weighted by atomic mass is 32.2. The molecule has 0 radical (unpaired) electrons. The van der Waals surface area contributed by atoms with E-state index in [1.165, 1.54) is 0 Å². The molecule has 0 aromatic heterocycles. The predicted octanol–water partition coefficient (Wildman–Crippen LogP) is 3.38. The van der Waals surface area contributed by atoms with Crippen LogP contribution in [0.4, 0.5) is 0 Å². The number of nitrogens with one attached hydrogen (secondary N) is 1. The molecule has 1 atom stereocenters. The van der Waals surface area contributed by atoms with E-state index in [0.717, 1.165) is 17.9 Å². The van der Waals surface area contributed by atoms with Crippen LogP contribution in [0.25, 0.3) is 21.5 Å². The van der Waals surface area contributed by atoms with Crippen LogP contribution in [0, 0.1) is 0 Å². The fourth-order valence-electron chi connectivity index (χ4n) is 3.74. The Kier molecular flexibility index (Phi) is 5.49. The van der Waals surface area contributed by atoms with Crippen LogP contribution in [-0.4, -0.2) is 32.3 Å². The number of sulfonamides is 1. The van der Waals surface area contributed by atoms with Crippen molar-refractivity contribution < 1.29 is 23.1 Å². The van der Waals surface area contributed by atoms with Gasteiger partial charge in [0.2, 0.25) is 15.7 Å². The van der Waals surface area contributed by atoms with Crippen LogP contribution >= 0.6 is 0 Å². The third-order valence-corrected chi connectivity index (χ3v) is 6.70. The Hall–Kier alpha value is -3.26. The Balaban J connectivity index is 1.89. The van der Waals surface area contributed by atoms with E-state index in [2.05, 4.69) is 4.72 Å². The van der Waals surface area contributed by atoms with Gasteiger partial charge in [0.25, 0.3) is 0 Å². The quantitative estimate of drug-likeness (QED) is 0.275. The Labute approximate surface area is 180 Å². The number of hydrogen-bond donors (Lipinski definition) is 2. The molecule has 0 aliphatic rings. The van der Waals surface area contributed by atoms with E-state index >= 15 is 0 Å². The van der Waals surface area contributed by atoms with Crippen molar-refractivity contribution in [3.63, 3.8) is 0 Å². The summed E-state index contributed by atoms with van der Waals surface area (Å²) in [5, 5.41) is 13.5. The molecule has 2 N–H and O–H groups in total. The van der Waals surface area contributed by atoms with Crippen molar-refractivity contribution in [1.29, 1.82) is 0 Å². The molecular weight excluding hydrogens is 414 g/mol. The molecule has 0 aliphatic carbocycles. The van der Waals surface area contributed by atoms with E-state index in [1.54, 1.807) is 54.6 Å². The second-order valence-corrected chi connectivity index (χ2v) is 8.89. The smallest absolute Gasteiger partial charge is 0.354 e. The molecule has 0 aliphatic heterocycles. The van der Waals surface area contributed by atoms with Crippen molar-refractivity contribution in [3.8, 4) is 0 Å². The molecule has 158 valence electrons. The van der Waals surface area contributed by atoms with Crippen LogP contribution in [0.15, 0.2) is 89.8 Å². The fraction of sp³-hybridized carbons (Fsp3) is 0.125. The van der Waals surface area contributed by atoms with Gasteiger partial charge in [0.15, 0.2) is 0 Å². The zero-order chi connectivity index (χ0) is 22.1. The van der Waals surface area contributed by atoms with Gasteiger partial charge in [-0.1, -0.05) is 78.9 Å². The molecule has 6 nitrogen and oxygen atoms in total. The molecule has 0 fully saturated rings. The molecule has 0 saturated carbocycles. The summed E-state index contributed by atoms with van der Waals surface area (Å²) in [4.78, 5) is 12.5. The maximum absolute atomic E-state index is 13.6. The summed E-state index contributed by atoms with van der Waals surface area (Å²) >= 11 is 0. The van der Waals surface area contributed by atoms with Crippen molar-refractivity contribution in [2.45, 2.75) is 17.0 Å². The highest BCUT2D eigenvalue weighted by Crippen LogP contribution is 2.32. The van der Waals surface area contributed by atoms with Gasteiger partial charge < -0.3 is 9.84 Å². The summed E-state index contributed by atoms with van der Waals surface area (Å²) < 4.78 is 34.2. The molecule has 4 rings (SSSR count). The number of carbonyl (C=O) groups excluding carboxylic acids is 1. The van der Waals surface area contributed by atoms with E-state index in [9.17, 15) is 18.3 Å². The third-order valence-electron chi connectivity index (χ3n) is 5.12. The van der Waals surface area contributed by atoms with E-state index in [4.69, 9.17) is 4.74 Å². The number of hydrogen-bond acceptors (Lipinski definition) is 5. The van der Waals surface area contributed by atoms with Crippen LogP contribution < -0.4 is 4.72 Å². The molecule has 0 bridgehead atoms. The van der Waals surface area contributed by atoms with Crippen molar-refractivity contribution >= 4 is 37.5 Å². The number of ether oxygens (including phenoxy) is 1. The Morgan fingerprint density at radius 1 is 0.903 bits per heavy atom. The average Bonchev–Trinajstić information content (AvgIpc) is 2.76. The first-order valence-corrected chi connectivity index (χ1v) is 11.1. The number of carbonyl (C=O) groups is 1. The molecule has 7 heteroatoms. The molecule has 4 aromatic carbocycles. The molecule has 4 aromatic rings. The third kappa shape index (κ3) is 4.03. The van der Waals surface area contributed by atoms with Gasteiger partial charge in [-0.05, 0) is 22.4 Å². The van der Waals surface area contributed by atoms with Crippen LogP contribution in [0.2, 0.25) is 0 Å². The summed E-state index contributed by atoms with van der Waals surface area (Å²) in [6.45, 7) is 0. The predicted molar refractivity (Wildman–Crippen MR) is 119 cm³/mol. The molecule has 31 heavy (non-hydrogen) atoms. The second kappa shape index (κ2) is 8.11. The van der Waals surface area contributed by atoms with Gasteiger partial charge in [-0.15, -0.1) is 0 Å². The standard InChI is InChI=1S/C24H21NO5S/c1-30-23(26)24(27,16-17-9-3-2-4-10-17)25-31(28,29)22-20-13-7-5-11-18(20)15-19-12-6-8-14-21(19)22/h2-15,25,27H,16H2,1H3/t24-/m1/s1. The van der Waals surface area contributed by atoms with Crippen molar-refractivity contribution in [2.24, 2.45) is 0 Å². The molecule has 0 spiro atoms.